The van der Waals surface area contributed by atoms with Crippen LogP contribution in [0.3, 0.4) is 0 Å². The summed E-state index contributed by atoms with van der Waals surface area (Å²) in [6, 6.07) is 10.2. The first-order chi connectivity index (χ1) is 12.2. The van der Waals surface area contributed by atoms with Gasteiger partial charge in [0.1, 0.15) is 0 Å². The normalized spacial score (nSPS) is 15.8. The van der Waals surface area contributed by atoms with Gasteiger partial charge in [0.2, 0.25) is 5.91 Å². The maximum atomic E-state index is 13.0. The Morgan fingerprint density at radius 1 is 1.12 bits per heavy atom. The molecule has 26 heavy (non-hydrogen) atoms. The van der Waals surface area contributed by atoms with Gasteiger partial charge in [-0.25, -0.2) is 0 Å². The molecule has 8 heteroatoms. The van der Waals surface area contributed by atoms with Gasteiger partial charge in [-0.15, -0.1) is 0 Å². The highest BCUT2D eigenvalue weighted by atomic mass is 19.4. The van der Waals surface area contributed by atoms with Crippen molar-refractivity contribution in [1.82, 2.24) is 0 Å². The van der Waals surface area contributed by atoms with E-state index < -0.39 is 28.0 Å². The fraction of sp³-hybridized carbons (Fsp3) is 0.278. The molecule has 2 aromatic carbocycles. The molecule has 1 N–H and O–H groups in total. The second-order valence-corrected chi connectivity index (χ2v) is 6.28. The van der Waals surface area contributed by atoms with Crippen molar-refractivity contribution in [3.63, 3.8) is 0 Å². The number of hydrogen-bond acceptors (Lipinski definition) is 3. The van der Waals surface area contributed by atoms with Crippen molar-refractivity contribution in [2.24, 2.45) is 0 Å². The molecule has 1 aliphatic rings. The van der Waals surface area contributed by atoms with Gasteiger partial charge >= 0.3 is 6.18 Å². The second-order valence-electron chi connectivity index (χ2n) is 6.28. The van der Waals surface area contributed by atoms with Crippen molar-refractivity contribution < 1.29 is 22.9 Å². The largest absolute Gasteiger partial charge is 0.416 e. The molecule has 0 heterocycles. The molecule has 1 saturated carbocycles. The molecular formula is C18H15F3N2O3. The number of anilines is 1. The van der Waals surface area contributed by atoms with Crippen LogP contribution < -0.4 is 5.32 Å². The van der Waals surface area contributed by atoms with Crippen molar-refractivity contribution in [3.05, 3.63) is 69.8 Å². The summed E-state index contributed by atoms with van der Waals surface area (Å²) < 4.78 is 38.9. The van der Waals surface area contributed by atoms with Crippen LogP contribution in [0.25, 0.3) is 0 Å². The predicted octanol–water partition coefficient (Wildman–Crippen LogP) is 4.67. The number of alkyl halides is 3. The molecule has 136 valence electrons. The summed E-state index contributed by atoms with van der Waals surface area (Å²) in [6.07, 6.45) is -2.92. The number of nitrogens with zero attached hydrogens (tertiary/aromatic N) is 1. The number of non-ortho nitro benzene ring substituents is 1. The van der Waals surface area contributed by atoms with E-state index >= 15 is 0 Å². The molecule has 2 aromatic rings. The van der Waals surface area contributed by atoms with Gasteiger partial charge in [0.25, 0.3) is 5.69 Å². The summed E-state index contributed by atoms with van der Waals surface area (Å²) in [5, 5.41) is 13.5. The smallest absolute Gasteiger partial charge is 0.325 e. The number of nitro benzene ring substituents is 1. The van der Waals surface area contributed by atoms with Crippen molar-refractivity contribution in [1.29, 1.82) is 0 Å². The molecule has 0 aliphatic heterocycles. The van der Waals surface area contributed by atoms with Gasteiger partial charge in [0.15, 0.2) is 0 Å². The number of carbonyl (C=O) groups is 1. The Bertz CT molecular complexity index is 861. The summed E-state index contributed by atoms with van der Waals surface area (Å²) in [7, 11) is 0. The third-order valence-electron chi connectivity index (χ3n) is 4.70. The van der Waals surface area contributed by atoms with Crippen molar-refractivity contribution in [2.45, 2.75) is 30.9 Å². The highest BCUT2D eigenvalue weighted by Crippen LogP contribution is 2.46. The average molecular weight is 364 g/mol. The molecule has 0 unspecified atom stereocenters. The summed E-state index contributed by atoms with van der Waals surface area (Å²) in [6.45, 7) is 0. The van der Waals surface area contributed by atoms with Crippen LogP contribution in [0.1, 0.15) is 30.4 Å². The van der Waals surface area contributed by atoms with E-state index in [0.717, 1.165) is 18.6 Å². The zero-order valence-corrected chi connectivity index (χ0v) is 13.5. The van der Waals surface area contributed by atoms with E-state index in [1.807, 2.05) is 0 Å². The Labute approximate surface area is 147 Å². The van der Waals surface area contributed by atoms with Crippen LogP contribution in [-0.2, 0) is 16.4 Å². The summed E-state index contributed by atoms with van der Waals surface area (Å²) in [5.74, 6) is -0.455. The number of benzene rings is 2. The standard InChI is InChI=1S/C18H15F3N2O3/c19-18(20,21)13-5-1-4-12(10-13)17(8-3-9-17)16(24)22-14-6-2-7-15(11-14)23(25)26/h1-2,4-7,10-11H,3,8-9H2,(H,22,24). The first kappa shape index (κ1) is 17.9. The van der Waals surface area contributed by atoms with Crippen LogP contribution in [-0.4, -0.2) is 10.8 Å². The fourth-order valence-electron chi connectivity index (χ4n) is 3.12. The average Bonchev–Trinajstić information content (AvgIpc) is 2.53. The lowest BCUT2D eigenvalue weighted by molar-refractivity contribution is -0.384. The van der Waals surface area contributed by atoms with E-state index in [1.165, 1.54) is 36.4 Å². The summed E-state index contributed by atoms with van der Waals surface area (Å²) >= 11 is 0. The van der Waals surface area contributed by atoms with Crippen molar-refractivity contribution >= 4 is 17.3 Å². The van der Waals surface area contributed by atoms with E-state index in [9.17, 15) is 28.1 Å². The monoisotopic (exact) mass is 364 g/mol. The topological polar surface area (TPSA) is 72.2 Å². The van der Waals surface area contributed by atoms with Gasteiger partial charge in [-0.2, -0.15) is 13.2 Å². The highest BCUT2D eigenvalue weighted by molar-refractivity contribution is 6.00. The summed E-state index contributed by atoms with van der Waals surface area (Å²) in [5.41, 5.74) is -1.48. The Balaban J connectivity index is 1.89. The van der Waals surface area contributed by atoms with Gasteiger partial charge in [-0.05, 0) is 30.5 Å². The predicted molar refractivity (Wildman–Crippen MR) is 88.7 cm³/mol. The Kier molecular flexibility index (Phi) is 4.43. The quantitative estimate of drug-likeness (QED) is 0.633. The number of hydrogen-bond donors (Lipinski definition) is 1. The first-order valence-corrected chi connectivity index (χ1v) is 7.96. The molecule has 0 radical (unpaired) electrons. The molecule has 0 aromatic heterocycles. The van der Waals surface area contributed by atoms with E-state index in [-0.39, 0.29) is 11.4 Å². The Morgan fingerprint density at radius 3 is 2.38 bits per heavy atom. The van der Waals surface area contributed by atoms with E-state index in [0.29, 0.717) is 18.4 Å². The molecule has 1 amide bonds. The number of nitrogens with one attached hydrogen (secondary N) is 1. The van der Waals surface area contributed by atoms with Crippen LogP contribution in [0.5, 0.6) is 0 Å². The van der Waals surface area contributed by atoms with E-state index in [4.69, 9.17) is 0 Å². The van der Waals surface area contributed by atoms with Gasteiger partial charge in [0.05, 0.1) is 15.9 Å². The lowest BCUT2D eigenvalue weighted by Gasteiger charge is -2.41. The SMILES string of the molecule is O=C(Nc1cccc([N+](=O)[O-])c1)C1(c2cccc(C(F)(F)F)c2)CCC1. The first-order valence-electron chi connectivity index (χ1n) is 7.96. The van der Waals surface area contributed by atoms with Crippen molar-refractivity contribution in [3.8, 4) is 0 Å². The summed E-state index contributed by atoms with van der Waals surface area (Å²) in [4.78, 5) is 23.1. The third-order valence-corrected chi connectivity index (χ3v) is 4.70. The molecular weight excluding hydrogens is 349 g/mol. The molecule has 1 fully saturated rings. The highest BCUT2D eigenvalue weighted by Gasteiger charge is 2.46. The van der Waals surface area contributed by atoms with Gasteiger partial charge in [-0.3, -0.25) is 14.9 Å². The molecule has 5 nitrogen and oxygen atoms in total. The minimum absolute atomic E-state index is 0.176. The molecule has 0 spiro atoms. The second kappa shape index (κ2) is 6.44. The van der Waals surface area contributed by atoms with Crippen LogP contribution >= 0.6 is 0 Å². The van der Waals surface area contributed by atoms with E-state index in [1.54, 1.807) is 0 Å². The van der Waals surface area contributed by atoms with Gasteiger partial charge in [-0.1, -0.05) is 30.7 Å². The van der Waals surface area contributed by atoms with Gasteiger partial charge < -0.3 is 5.32 Å². The van der Waals surface area contributed by atoms with Crippen LogP contribution in [0, 0.1) is 10.1 Å². The maximum Gasteiger partial charge on any atom is 0.416 e. The maximum absolute atomic E-state index is 13.0. The molecule has 0 atom stereocenters. The number of amides is 1. The lowest BCUT2D eigenvalue weighted by atomic mass is 9.63. The number of carbonyl (C=O) groups excluding carboxylic acids is 1. The number of halogens is 3. The van der Waals surface area contributed by atoms with E-state index in [2.05, 4.69) is 5.32 Å². The Hall–Kier alpha value is -2.90. The Morgan fingerprint density at radius 2 is 1.81 bits per heavy atom. The third kappa shape index (κ3) is 3.26. The molecule has 1 aliphatic carbocycles. The zero-order chi connectivity index (χ0) is 18.9. The molecule has 0 saturated heterocycles. The van der Waals surface area contributed by atoms with Crippen LogP contribution in [0.15, 0.2) is 48.5 Å². The lowest BCUT2D eigenvalue weighted by Crippen LogP contribution is -2.46. The van der Waals surface area contributed by atoms with Crippen molar-refractivity contribution in [2.75, 3.05) is 5.32 Å². The zero-order valence-electron chi connectivity index (χ0n) is 13.5. The minimum atomic E-state index is -4.49. The van der Waals surface area contributed by atoms with Crippen LogP contribution in [0.2, 0.25) is 0 Å². The fourth-order valence-corrected chi connectivity index (χ4v) is 3.12. The molecule has 3 rings (SSSR count). The minimum Gasteiger partial charge on any atom is -0.325 e. The molecule has 0 bridgehead atoms. The van der Waals surface area contributed by atoms with Crippen LogP contribution in [0.4, 0.5) is 24.5 Å². The van der Waals surface area contributed by atoms with Gasteiger partial charge in [0, 0.05) is 17.8 Å². The number of rotatable bonds is 4. The number of nitro groups is 1.